The van der Waals surface area contributed by atoms with Crippen LogP contribution in [-0.2, 0) is 4.79 Å². The van der Waals surface area contributed by atoms with Crippen molar-refractivity contribution < 1.29 is 14.1 Å². The Bertz CT molecular complexity index is 716. The fraction of sp³-hybridized carbons (Fsp3) is 0.400. The summed E-state index contributed by atoms with van der Waals surface area (Å²) >= 11 is 11.8. The molecule has 1 aromatic heterocycles. The van der Waals surface area contributed by atoms with E-state index in [2.05, 4.69) is 15.5 Å². The predicted molar refractivity (Wildman–Crippen MR) is 84.8 cm³/mol. The molecule has 2 aromatic rings. The molecule has 0 saturated heterocycles. The fourth-order valence-electron chi connectivity index (χ4n) is 2.01. The molecule has 1 heterocycles. The molecule has 1 unspecified atom stereocenters. The first-order chi connectivity index (χ1) is 11.0. The Morgan fingerprint density at radius 1 is 1.48 bits per heavy atom. The molecule has 0 aliphatic heterocycles. The molecule has 3 rings (SSSR count). The SMILES string of the molecule is CC(NC(=O)COc1ccc(Cl)cc1Cl)c1nc(C2CC2)no1. The molecule has 1 saturated carbocycles. The molecular weight excluding hydrogens is 341 g/mol. The van der Waals surface area contributed by atoms with Crippen LogP contribution >= 0.6 is 23.2 Å². The van der Waals surface area contributed by atoms with Crippen LogP contribution in [0.4, 0.5) is 0 Å². The highest BCUT2D eigenvalue weighted by Gasteiger charge is 2.29. The lowest BCUT2D eigenvalue weighted by atomic mass is 10.3. The topological polar surface area (TPSA) is 77.2 Å². The van der Waals surface area contributed by atoms with E-state index in [-0.39, 0.29) is 18.6 Å². The normalized spacial score (nSPS) is 15.3. The molecule has 0 spiro atoms. The van der Waals surface area contributed by atoms with E-state index in [9.17, 15) is 4.79 Å². The second-order valence-corrected chi connectivity index (χ2v) is 6.26. The molecule has 0 radical (unpaired) electrons. The third-order valence-corrected chi connectivity index (χ3v) is 3.93. The number of hydrogen-bond acceptors (Lipinski definition) is 5. The van der Waals surface area contributed by atoms with Crippen molar-refractivity contribution in [3.05, 3.63) is 40.0 Å². The Balaban J connectivity index is 1.51. The Morgan fingerprint density at radius 3 is 2.96 bits per heavy atom. The van der Waals surface area contributed by atoms with Crippen molar-refractivity contribution in [2.45, 2.75) is 31.7 Å². The number of rotatable bonds is 6. The molecule has 1 aromatic carbocycles. The fourth-order valence-corrected chi connectivity index (χ4v) is 2.47. The third kappa shape index (κ3) is 4.14. The van der Waals surface area contributed by atoms with Gasteiger partial charge in [-0.1, -0.05) is 28.4 Å². The van der Waals surface area contributed by atoms with Gasteiger partial charge in [-0.3, -0.25) is 4.79 Å². The lowest BCUT2D eigenvalue weighted by Crippen LogP contribution is -2.31. The smallest absolute Gasteiger partial charge is 0.258 e. The number of hydrogen-bond donors (Lipinski definition) is 1. The van der Waals surface area contributed by atoms with Crippen molar-refractivity contribution in [1.82, 2.24) is 15.5 Å². The highest BCUT2D eigenvalue weighted by atomic mass is 35.5. The maximum Gasteiger partial charge on any atom is 0.258 e. The molecule has 1 aliphatic carbocycles. The molecule has 23 heavy (non-hydrogen) atoms. The van der Waals surface area contributed by atoms with Crippen molar-refractivity contribution in [1.29, 1.82) is 0 Å². The number of halogens is 2. The number of carbonyl (C=O) groups is 1. The summed E-state index contributed by atoms with van der Waals surface area (Å²) in [4.78, 5) is 16.2. The van der Waals surface area contributed by atoms with E-state index in [0.717, 1.165) is 12.8 Å². The summed E-state index contributed by atoms with van der Waals surface area (Å²) in [7, 11) is 0. The minimum absolute atomic E-state index is 0.171. The largest absolute Gasteiger partial charge is 0.482 e. The number of benzene rings is 1. The van der Waals surface area contributed by atoms with Gasteiger partial charge in [0, 0.05) is 10.9 Å². The van der Waals surface area contributed by atoms with Crippen molar-refractivity contribution in [3.8, 4) is 5.75 Å². The lowest BCUT2D eigenvalue weighted by Gasteiger charge is -2.11. The minimum Gasteiger partial charge on any atom is -0.482 e. The number of carbonyl (C=O) groups excluding carboxylic acids is 1. The zero-order valence-electron chi connectivity index (χ0n) is 12.4. The van der Waals surface area contributed by atoms with Crippen LogP contribution in [0.5, 0.6) is 5.75 Å². The summed E-state index contributed by atoms with van der Waals surface area (Å²) in [5, 5.41) is 7.52. The Labute approximate surface area is 143 Å². The van der Waals surface area contributed by atoms with E-state index in [0.29, 0.717) is 33.4 Å². The first-order valence-electron chi connectivity index (χ1n) is 7.23. The number of nitrogens with zero attached hydrogens (tertiary/aromatic N) is 2. The highest BCUT2D eigenvalue weighted by molar-refractivity contribution is 6.35. The van der Waals surface area contributed by atoms with E-state index in [4.69, 9.17) is 32.5 Å². The van der Waals surface area contributed by atoms with Crippen molar-refractivity contribution in [2.75, 3.05) is 6.61 Å². The van der Waals surface area contributed by atoms with Gasteiger partial charge in [0.05, 0.1) is 5.02 Å². The van der Waals surface area contributed by atoms with E-state index < -0.39 is 0 Å². The number of amides is 1. The molecule has 1 fully saturated rings. The van der Waals surface area contributed by atoms with Crippen LogP contribution in [-0.4, -0.2) is 22.7 Å². The van der Waals surface area contributed by atoms with Gasteiger partial charge in [-0.05, 0) is 38.0 Å². The van der Waals surface area contributed by atoms with Gasteiger partial charge in [-0.15, -0.1) is 0 Å². The monoisotopic (exact) mass is 355 g/mol. The average Bonchev–Trinajstić information content (AvgIpc) is 3.23. The highest BCUT2D eigenvalue weighted by Crippen LogP contribution is 2.38. The summed E-state index contributed by atoms with van der Waals surface area (Å²) < 4.78 is 10.5. The molecule has 1 atom stereocenters. The maximum absolute atomic E-state index is 11.9. The Kier molecular flexibility index (Phi) is 4.73. The number of nitrogens with one attached hydrogen (secondary N) is 1. The van der Waals surface area contributed by atoms with Crippen LogP contribution in [0.2, 0.25) is 10.0 Å². The lowest BCUT2D eigenvalue weighted by molar-refractivity contribution is -0.123. The van der Waals surface area contributed by atoms with Crippen LogP contribution in [0.15, 0.2) is 22.7 Å². The molecule has 8 heteroatoms. The van der Waals surface area contributed by atoms with Gasteiger partial charge < -0.3 is 14.6 Å². The standard InChI is InChI=1S/C15H15Cl2N3O3/c1-8(15-19-14(20-23-15)9-2-3-9)18-13(21)7-22-12-5-4-10(16)6-11(12)17/h4-6,8-9H,2-3,7H2,1H3,(H,18,21). The van der Waals surface area contributed by atoms with Crippen molar-refractivity contribution in [2.24, 2.45) is 0 Å². The summed E-state index contributed by atoms with van der Waals surface area (Å²) in [6.45, 7) is 1.60. The van der Waals surface area contributed by atoms with Crippen molar-refractivity contribution in [3.63, 3.8) is 0 Å². The second-order valence-electron chi connectivity index (χ2n) is 5.42. The van der Waals surface area contributed by atoms with E-state index in [1.165, 1.54) is 0 Å². The number of aromatic nitrogens is 2. The predicted octanol–water partition coefficient (Wildman–Crippen LogP) is 3.51. The molecule has 1 N–H and O–H groups in total. The zero-order valence-corrected chi connectivity index (χ0v) is 13.9. The van der Waals surface area contributed by atoms with Gasteiger partial charge in [-0.2, -0.15) is 4.98 Å². The molecular formula is C15H15Cl2N3O3. The van der Waals surface area contributed by atoms with E-state index >= 15 is 0 Å². The quantitative estimate of drug-likeness (QED) is 0.857. The Hall–Kier alpha value is -1.79. The third-order valence-electron chi connectivity index (χ3n) is 3.40. The molecule has 6 nitrogen and oxygen atoms in total. The average molecular weight is 356 g/mol. The summed E-state index contributed by atoms with van der Waals surface area (Å²) in [5.41, 5.74) is 0. The van der Waals surface area contributed by atoms with Crippen molar-refractivity contribution >= 4 is 29.1 Å². The molecule has 122 valence electrons. The van der Waals surface area contributed by atoms with E-state index in [1.54, 1.807) is 25.1 Å². The molecule has 1 aliphatic rings. The van der Waals surface area contributed by atoms with Gasteiger partial charge in [-0.25, -0.2) is 0 Å². The van der Waals surface area contributed by atoms with E-state index in [1.807, 2.05) is 0 Å². The van der Waals surface area contributed by atoms with Gasteiger partial charge in [0.25, 0.3) is 5.91 Å². The Morgan fingerprint density at radius 2 is 2.26 bits per heavy atom. The minimum atomic E-state index is -0.383. The van der Waals surface area contributed by atoms with Crippen LogP contribution in [0, 0.1) is 0 Å². The summed E-state index contributed by atoms with van der Waals surface area (Å²) in [6, 6.07) is 4.42. The van der Waals surface area contributed by atoms with Crippen LogP contribution < -0.4 is 10.1 Å². The zero-order chi connectivity index (χ0) is 16.4. The maximum atomic E-state index is 11.9. The molecule has 0 bridgehead atoms. The van der Waals surface area contributed by atoms with Gasteiger partial charge in [0.2, 0.25) is 5.89 Å². The summed E-state index contributed by atoms with van der Waals surface area (Å²) in [6.07, 6.45) is 2.19. The second kappa shape index (κ2) is 6.76. The first kappa shape index (κ1) is 16.1. The molecule has 1 amide bonds. The van der Waals surface area contributed by atoms with Gasteiger partial charge in [0.15, 0.2) is 12.4 Å². The van der Waals surface area contributed by atoms with Gasteiger partial charge >= 0.3 is 0 Å². The first-order valence-corrected chi connectivity index (χ1v) is 7.99. The summed E-state index contributed by atoms with van der Waals surface area (Å²) in [5.74, 6) is 1.60. The van der Waals surface area contributed by atoms with Crippen LogP contribution in [0.1, 0.15) is 43.4 Å². The van der Waals surface area contributed by atoms with Crippen LogP contribution in [0.3, 0.4) is 0 Å². The van der Waals surface area contributed by atoms with Gasteiger partial charge in [0.1, 0.15) is 11.8 Å². The van der Waals surface area contributed by atoms with Crippen LogP contribution in [0.25, 0.3) is 0 Å². The number of ether oxygens (including phenoxy) is 1.